The van der Waals surface area contributed by atoms with Crippen molar-refractivity contribution in [3.05, 3.63) is 12.2 Å². The minimum Gasteiger partial charge on any atom is -0.480 e. The number of carboxylic acid groups (broad SMARTS) is 1. The molecule has 0 aromatic rings. The highest BCUT2D eigenvalue weighted by molar-refractivity contribution is 5.77. The van der Waals surface area contributed by atoms with E-state index in [1.807, 2.05) is 6.08 Å². The number of carbonyl (C=O) groups is 2. The Labute approximate surface area is 191 Å². The molecule has 0 spiro atoms. The maximum Gasteiger partial charge on any atom is 0.320 e. The Kier molecular flexibility index (Phi) is 22.3. The summed E-state index contributed by atoms with van der Waals surface area (Å²) in [5.41, 5.74) is 5.44. The predicted octanol–water partition coefficient (Wildman–Crippen LogP) is 6.50. The second-order valence-corrected chi connectivity index (χ2v) is 8.85. The van der Waals surface area contributed by atoms with E-state index in [0.29, 0.717) is 25.8 Å². The van der Waals surface area contributed by atoms with Crippen LogP contribution in [0, 0.1) is 0 Å². The quantitative estimate of drug-likeness (QED) is 0.125. The molecule has 5 heteroatoms. The lowest BCUT2D eigenvalue weighted by atomic mass is 10.0. The number of aliphatic carboxylic acids is 1. The number of rotatable bonds is 23. The van der Waals surface area contributed by atoms with Gasteiger partial charge in [0, 0.05) is 13.0 Å². The van der Waals surface area contributed by atoms with Crippen molar-refractivity contribution >= 4 is 11.9 Å². The summed E-state index contributed by atoms with van der Waals surface area (Å²) in [4.78, 5) is 22.3. The third kappa shape index (κ3) is 23.1. The van der Waals surface area contributed by atoms with Crippen LogP contribution in [0.1, 0.15) is 129 Å². The van der Waals surface area contributed by atoms with Crippen molar-refractivity contribution in [2.24, 2.45) is 5.73 Å². The summed E-state index contributed by atoms with van der Waals surface area (Å²) in [5.74, 6) is -0.937. The first kappa shape index (κ1) is 29.6. The van der Waals surface area contributed by atoms with Gasteiger partial charge in [-0.3, -0.25) is 9.59 Å². The summed E-state index contributed by atoms with van der Waals surface area (Å²) < 4.78 is 0. The van der Waals surface area contributed by atoms with Crippen molar-refractivity contribution in [3.63, 3.8) is 0 Å². The van der Waals surface area contributed by atoms with Crippen molar-refractivity contribution in [1.82, 2.24) is 5.32 Å². The molecule has 5 nitrogen and oxygen atoms in total. The van der Waals surface area contributed by atoms with Crippen LogP contribution < -0.4 is 11.1 Å². The van der Waals surface area contributed by atoms with Gasteiger partial charge in [-0.1, -0.05) is 103 Å². The molecular weight excluding hydrogens is 388 g/mol. The van der Waals surface area contributed by atoms with Gasteiger partial charge < -0.3 is 16.2 Å². The van der Waals surface area contributed by atoms with E-state index >= 15 is 0 Å². The Balaban J connectivity index is 3.28. The lowest BCUT2D eigenvalue weighted by molar-refractivity contribution is -0.138. The van der Waals surface area contributed by atoms with Gasteiger partial charge >= 0.3 is 5.97 Å². The van der Waals surface area contributed by atoms with Crippen LogP contribution in [0.4, 0.5) is 0 Å². The zero-order valence-corrected chi connectivity index (χ0v) is 20.2. The molecule has 0 unspecified atom stereocenters. The fourth-order valence-corrected chi connectivity index (χ4v) is 3.68. The fraction of sp³-hybridized carbons (Fsp3) is 0.846. The van der Waals surface area contributed by atoms with Gasteiger partial charge in [-0.05, 0) is 32.1 Å². The Morgan fingerprint density at radius 3 is 1.81 bits per heavy atom. The molecular formula is C26H50N2O3. The van der Waals surface area contributed by atoms with Crippen LogP contribution in [0.5, 0.6) is 0 Å². The average Bonchev–Trinajstić information content (AvgIpc) is 2.75. The third-order valence-corrected chi connectivity index (χ3v) is 5.78. The predicted molar refractivity (Wildman–Crippen MR) is 131 cm³/mol. The molecule has 0 aliphatic rings. The molecule has 31 heavy (non-hydrogen) atoms. The van der Waals surface area contributed by atoms with Gasteiger partial charge in [0.05, 0.1) is 0 Å². The van der Waals surface area contributed by atoms with E-state index < -0.39 is 12.0 Å². The molecule has 0 bridgehead atoms. The standard InChI is InChI=1S/C26H50N2O3/c1-2-3-4-5-6-7-8-9-10-11-12-13-14-15-16-17-18-22-25(29)28-23-20-19-21-24(27)26(30)31/h17-18,24H,2-16,19-23,27H2,1H3,(H,28,29)(H,30,31)/b18-17+/t24-/m0/s1. The molecule has 1 amide bonds. The lowest BCUT2D eigenvalue weighted by Crippen LogP contribution is -2.30. The van der Waals surface area contributed by atoms with E-state index in [2.05, 4.69) is 18.3 Å². The highest BCUT2D eigenvalue weighted by Gasteiger charge is 2.09. The first-order valence-corrected chi connectivity index (χ1v) is 13.0. The molecule has 0 saturated heterocycles. The average molecular weight is 439 g/mol. The van der Waals surface area contributed by atoms with E-state index in [0.717, 1.165) is 12.8 Å². The molecule has 0 heterocycles. The van der Waals surface area contributed by atoms with E-state index in [4.69, 9.17) is 10.8 Å². The first-order valence-electron chi connectivity index (χ1n) is 13.0. The number of nitrogens with one attached hydrogen (secondary N) is 1. The third-order valence-electron chi connectivity index (χ3n) is 5.78. The summed E-state index contributed by atoms with van der Waals surface area (Å²) in [5, 5.41) is 11.6. The van der Waals surface area contributed by atoms with E-state index in [1.54, 1.807) is 0 Å². The van der Waals surface area contributed by atoms with Crippen molar-refractivity contribution in [2.45, 2.75) is 135 Å². The van der Waals surface area contributed by atoms with Crippen LogP contribution in [0.25, 0.3) is 0 Å². The normalized spacial score (nSPS) is 12.3. The van der Waals surface area contributed by atoms with Crippen molar-refractivity contribution in [1.29, 1.82) is 0 Å². The van der Waals surface area contributed by atoms with E-state index in [-0.39, 0.29) is 5.91 Å². The summed E-state index contributed by atoms with van der Waals surface area (Å²) in [6.07, 6.45) is 26.7. The molecule has 0 rings (SSSR count). The number of nitrogens with two attached hydrogens (primary N) is 1. The van der Waals surface area contributed by atoms with Gasteiger partial charge in [-0.15, -0.1) is 0 Å². The molecule has 1 atom stereocenters. The van der Waals surface area contributed by atoms with Gasteiger partial charge in [0.15, 0.2) is 0 Å². The smallest absolute Gasteiger partial charge is 0.320 e. The summed E-state index contributed by atoms with van der Waals surface area (Å²) in [6, 6.07) is -0.798. The second-order valence-electron chi connectivity index (χ2n) is 8.85. The second kappa shape index (κ2) is 23.3. The highest BCUT2D eigenvalue weighted by atomic mass is 16.4. The summed E-state index contributed by atoms with van der Waals surface area (Å²) in [7, 11) is 0. The van der Waals surface area contributed by atoms with Crippen LogP contribution >= 0.6 is 0 Å². The summed E-state index contributed by atoms with van der Waals surface area (Å²) in [6.45, 7) is 2.85. The molecule has 0 fully saturated rings. The van der Waals surface area contributed by atoms with Crippen LogP contribution in [0.2, 0.25) is 0 Å². The molecule has 0 aliphatic carbocycles. The van der Waals surface area contributed by atoms with Gasteiger partial charge in [0.25, 0.3) is 0 Å². The number of amides is 1. The Morgan fingerprint density at radius 2 is 1.29 bits per heavy atom. The zero-order valence-electron chi connectivity index (χ0n) is 20.2. The number of carboxylic acids is 1. The van der Waals surface area contributed by atoms with Crippen LogP contribution in [-0.4, -0.2) is 29.6 Å². The Morgan fingerprint density at radius 1 is 0.774 bits per heavy atom. The molecule has 0 saturated carbocycles. The first-order chi connectivity index (χ1) is 15.1. The molecule has 4 N–H and O–H groups in total. The monoisotopic (exact) mass is 438 g/mol. The van der Waals surface area contributed by atoms with E-state index in [9.17, 15) is 9.59 Å². The minimum absolute atomic E-state index is 0.0275. The Hall–Kier alpha value is -1.36. The van der Waals surface area contributed by atoms with Crippen LogP contribution in [0.3, 0.4) is 0 Å². The molecule has 0 aliphatic heterocycles. The minimum atomic E-state index is -0.965. The molecule has 0 aromatic heterocycles. The summed E-state index contributed by atoms with van der Waals surface area (Å²) >= 11 is 0. The maximum absolute atomic E-state index is 11.7. The number of hydrogen-bond acceptors (Lipinski definition) is 3. The van der Waals surface area contributed by atoms with Crippen molar-refractivity contribution in [3.8, 4) is 0 Å². The largest absolute Gasteiger partial charge is 0.480 e. The van der Waals surface area contributed by atoms with Gasteiger partial charge in [0.2, 0.25) is 5.91 Å². The zero-order chi connectivity index (χ0) is 23.0. The van der Waals surface area contributed by atoms with Crippen LogP contribution in [-0.2, 0) is 9.59 Å². The SMILES string of the molecule is CCCCCCCCCCCCCCCC/C=C/CC(=O)NCCCC[C@H](N)C(=O)O. The fourth-order valence-electron chi connectivity index (χ4n) is 3.68. The number of unbranched alkanes of at least 4 members (excludes halogenated alkanes) is 15. The highest BCUT2D eigenvalue weighted by Crippen LogP contribution is 2.13. The molecule has 0 aromatic carbocycles. The van der Waals surface area contributed by atoms with E-state index in [1.165, 1.54) is 89.9 Å². The molecule has 182 valence electrons. The van der Waals surface area contributed by atoms with Crippen molar-refractivity contribution < 1.29 is 14.7 Å². The lowest BCUT2D eigenvalue weighted by Gasteiger charge is -2.06. The maximum atomic E-state index is 11.7. The number of hydrogen-bond donors (Lipinski definition) is 3. The topological polar surface area (TPSA) is 92.4 Å². The van der Waals surface area contributed by atoms with Gasteiger partial charge in [-0.2, -0.15) is 0 Å². The Bertz CT molecular complexity index is 452. The molecule has 0 radical (unpaired) electrons. The van der Waals surface area contributed by atoms with Crippen molar-refractivity contribution in [2.75, 3.05) is 6.54 Å². The number of allylic oxidation sites excluding steroid dienone is 1. The van der Waals surface area contributed by atoms with Crippen LogP contribution in [0.15, 0.2) is 12.2 Å². The van der Waals surface area contributed by atoms with Gasteiger partial charge in [-0.25, -0.2) is 0 Å². The van der Waals surface area contributed by atoms with Gasteiger partial charge in [0.1, 0.15) is 6.04 Å². The number of carbonyl (C=O) groups excluding carboxylic acids is 1.